The molecule has 0 spiro atoms. The summed E-state index contributed by atoms with van der Waals surface area (Å²) in [5.41, 5.74) is 6.11. The highest BCUT2D eigenvalue weighted by Crippen LogP contribution is 2.12. The minimum Gasteiger partial charge on any atom is -0.329 e. The van der Waals surface area contributed by atoms with Gasteiger partial charge in [0.1, 0.15) is 5.82 Å². The van der Waals surface area contributed by atoms with Crippen LogP contribution in [0.15, 0.2) is 24.3 Å². The summed E-state index contributed by atoms with van der Waals surface area (Å²) in [4.78, 5) is 13.5. The van der Waals surface area contributed by atoms with Crippen molar-refractivity contribution in [1.82, 2.24) is 15.8 Å². The van der Waals surface area contributed by atoms with E-state index in [4.69, 9.17) is 0 Å². The molecule has 0 saturated carbocycles. The van der Waals surface area contributed by atoms with Crippen molar-refractivity contribution in [2.45, 2.75) is 13.1 Å². The number of nitrogens with one attached hydrogen (secondary N) is 2. The molecule has 1 aromatic carbocycles. The van der Waals surface area contributed by atoms with Gasteiger partial charge in [-0.2, -0.15) is 0 Å². The van der Waals surface area contributed by atoms with Gasteiger partial charge in [-0.25, -0.2) is 5.43 Å². The average Bonchev–Trinajstić information content (AvgIpc) is 2.73. The second-order valence-electron chi connectivity index (χ2n) is 4.07. The number of hydrogen-bond acceptors (Lipinski definition) is 4. The van der Waals surface area contributed by atoms with Gasteiger partial charge in [0.2, 0.25) is 0 Å². The number of benzene rings is 1. The van der Waals surface area contributed by atoms with Crippen LogP contribution in [0.4, 0.5) is 0 Å². The molecular weight excluding hydrogens is 202 g/mol. The molecule has 82 valence electrons. The molecule has 2 heterocycles. The van der Waals surface area contributed by atoms with Crippen LogP contribution in [-0.4, -0.2) is 23.4 Å². The third-order valence-electron chi connectivity index (χ3n) is 3.04. The smallest absolute Gasteiger partial charge is 0.168 e. The van der Waals surface area contributed by atoms with Crippen LogP contribution in [0.25, 0.3) is 11.9 Å². The number of rotatable bonds is 1. The molecule has 0 aromatic heterocycles. The number of carbonyl (C=O) groups is 1. The first-order chi connectivity index (χ1) is 7.77. The molecule has 3 rings (SSSR count). The number of carbonyl (C=O) groups excluding carboxylic acids is 1. The Kier molecular flexibility index (Phi) is 1.97. The fourth-order valence-electron chi connectivity index (χ4n) is 2.24. The Labute approximate surface area is 93.2 Å². The Morgan fingerprint density at radius 3 is 3.06 bits per heavy atom. The first kappa shape index (κ1) is 9.42. The zero-order chi connectivity index (χ0) is 11.1. The van der Waals surface area contributed by atoms with E-state index in [0.29, 0.717) is 0 Å². The van der Waals surface area contributed by atoms with Gasteiger partial charge in [0.15, 0.2) is 11.9 Å². The van der Waals surface area contributed by atoms with Crippen LogP contribution in [0.1, 0.15) is 6.92 Å². The Morgan fingerprint density at radius 2 is 2.25 bits per heavy atom. The monoisotopic (exact) mass is 215 g/mol. The van der Waals surface area contributed by atoms with Gasteiger partial charge in [0.05, 0.1) is 0 Å². The molecule has 4 nitrogen and oxygen atoms in total. The zero-order valence-corrected chi connectivity index (χ0v) is 9.03. The summed E-state index contributed by atoms with van der Waals surface area (Å²) in [7, 11) is 0. The molecular formula is C12H13N3O. The lowest BCUT2D eigenvalue weighted by molar-refractivity contribution is -0.121. The Hall–Kier alpha value is -1.81. The molecule has 1 atom stereocenters. The van der Waals surface area contributed by atoms with Gasteiger partial charge in [-0.15, -0.1) is 0 Å². The molecule has 1 fully saturated rings. The maximum Gasteiger partial charge on any atom is 0.168 e. The highest BCUT2D eigenvalue weighted by Gasteiger charge is 2.31. The first-order valence-corrected chi connectivity index (χ1v) is 5.35. The van der Waals surface area contributed by atoms with E-state index in [1.165, 1.54) is 5.22 Å². The SMILES string of the molecule is CC(=O)C1NNC2=c3ccccc3=CCN21. The van der Waals surface area contributed by atoms with Gasteiger partial charge < -0.3 is 10.3 Å². The van der Waals surface area contributed by atoms with Crippen LogP contribution in [0.2, 0.25) is 0 Å². The van der Waals surface area contributed by atoms with Gasteiger partial charge in [-0.3, -0.25) is 4.79 Å². The van der Waals surface area contributed by atoms with Crippen molar-refractivity contribution < 1.29 is 4.79 Å². The Balaban J connectivity index is 2.18. The minimum absolute atomic E-state index is 0.121. The predicted octanol–water partition coefficient (Wildman–Crippen LogP) is -1.13. The molecule has 4 heteroatoms. The van der Waals surface area contributed by atoms with Gasteiger partial charge in [-0.1, -0.05) is 30.3 Å². The van der Waals surface area contributed by atoms with Crippen molar-refractivity contribution in [3.05, 3.63) is 34.7 Å². The summed E-state index contributed by atoms with van der Waals surface area (Å²) in [5, 5.41) is 2.36. The molecule has 1 unspecified atom stereocenters. The molecule has 2 aliphatic rings. The van der Waals surface area contributed by atoms with Crippen molar-refractivity contribution in [2.24, 2.45) is 0 Å². The lowest BCUT2D eigenvalue weighted by atomic mass is 10.1. The summed E-state index contributed by atoms with van der Waals surface area (Å²) in [6, 6.07) is 8.18. The first-order valence-electron chi connectivity index (χ1n) is 5.35. The third-order valence-corrected chi connectivity index (χ3v) is 3.04. The number of ketones is 1. The summed E-state index contributed by atoms with van der Waals surface area (Å²) >= 11 is 0. The van der Waals surface area contributed by atoms with Crippen LogP contribution in [-0.2, 0) is 4.79 Å². The van der Waals surface area contributed by atoms with E-state index < -0.39 is 0 Å². The maximum atomic E-state index is 11.4. The van der Waals surface area contributed by atoms with Gasteiger partial charge >= 0.3 is 0 Å². The third kappa shape index (κ3) is 1.23. The number of Topliss-reactive ketones (excluding diaryl/α,β-unsaturated/α-hetero) is 1. The second-order valence-corrected chi connectivity index (χ2v) is 4.07. The van der Waals surface area contributed by atoms with Gasteiger partial charge in [0.25, 0.3) is 0 Å². The number of hydrazine groups is 1. The van der Waals surface area contributed by atoms with E-state index in [0.717, 1.165) is 17.6 Å². The summed E-state index contributed by atoms with van der Waals surface area (Å²) in [6.07, 6.45) is 1.89. The molecule has 16 heavy (non-hydrogen) atoms. The number of fused-ring (bicyclic) bond motifs is 2. The van der Waals surface area contributed by atoms with Crippen molar-refractivity contribution in [1.29, 1.82) is 0 Å². The molecule has 0 aliphatic carbocycles. The fraction of sp³-hybridized carbons (Fsp3) is 0.250. The van der Waals surface area contributed by atoms with Crippen LogP contribution in [0, 0.1) is 0 Å². The predicted molar refractivity (Wildman–Crippen MR) is 61.0 cm³/mol. The quantitative estimate of drug-likeness (QED) is 0.622. The average molecular weight is 215 g/mol. The van der Waals surface area contributed by atoms with Gasteiger partial charge in [0, 0.05) is 11.8 Å². The van der Waals surface area contributed by atoms with E-state index in [9.17, 15) is 4.79 Å². The summed E-state index contributed by atoms with van der Waals surface area (Å²) in [6.45, 7) is 2.36. The minimum atomic E-state index is -0.250. The van der Waals surface area contributed by atoms with Crippen molar-refractivity contribution in [2.75, 3.05) is 6.54 Å². The van der Waals surface area contributed by atoms with Crippen LogP contribution in [0.3, 0.4) is 0 Å². The molecule has 1 saturated heterocycles. The van der Waals surface area contributed by atoms with Crippen molar-refractivity contribution >= 4 is 17.7 Å². The van der Waals surface area contributed by atoms with Crippen LogP contribution < -0.4 is 21.3 Å². The number of nitrogens with zero attached hydrogens (tertiary/aromatic N) is 1. The van der Waals surface area contributed by atoms with Crippen LogP contribution in [0.5, 0.6) is 0 Å². The molecule has 2 aliphatic heterocycles. The molecule has 0 amide bonds. The van der Waals surface area contributed by atoms with E-state index in [1.807, 2.05) is 17.0 Å². The molecule has 0 radical (unpaired) electrons. The highest BCUT2D eigenvalue weighted by atomic mass is 16.1. The fourth-order valence-corrected chi connectivity index (χ4v) is 2.24. The largest absolute Gasteiger partial charge is 0.329 e. The Bertz CT molecular complexity index is 564. The highest BCUT2D eigenvalue weighted by molar-refractivity contribution is 5.83. The van der Waals surface area contributed by atoms with Crippen LogP contribution >= 0.6 is 0 Å². The standard InChI is InChI=1S/C12H13N3O/c1-8(16)11-13-14-12-10-5-3-2-4-9(10)6-7-15(11)12/h2-6,11,13-14H,7H2,1H3. The maximum absolute atomic E-state index is 11.4. The normalized spacial score (nSPS) is 21.9. The zero-order valence-electron chi connectivity index (χ0n) is 9.03. The summed E-state index contributed by atoms with van der Waals surface area (Å²) in [5.74, 6) is 1.12. The van der Waals surface area contributed by atoms with E-state index >= 15 is 0 Å². The van der Waals surface area contributed by atoms with Crippen molar-refractivity contribution in [3.63, 3.8) is 0 Å². The van der Waals surface area contributed by atoms with E-state index in [-0.39, 0.29) is 11.9 Å². The second kappa shape index (κ2) is 3.35. The molecule has 1 aromatic rings. The van der Waals surface area contributed by atoms with Crippen molar-refractivity contribution in [3.8, 4) is 0 Å². The lowest BCUT2D eigenvalue weighted by Gasteiger charge is -2.24. The molecule has 0 bridgehead atoms. The van der Waals surface area contributed by atoms with E-state index in [1.54, 1.807) is 6.92 Å². The van der Waals surface area contributed by atoms with Gasteiger partial charge in [-0.05, 0) is 12.1 Å². The number of hydrogen-bond donors (Lipinski definition) is 2. The lowest BCUT2D eigenvalue weighted by Crippen LogP contribution is -2.45. The summed E-state index contributed by atoms with van der Waals surface area (Å²) < 4.78 is 0. The Morgan fingerprint density at radius 1 is 1.44 bits per heavy atom. The molecule has 2 N–H and O–H groups in total. The van der Waals surface area contributed by atoms with E-state index in [2.05, 4.69) is 29.1 Å². The topological polar surface area (TPSA) is 44.4 Å².